The summed E-state index contributed by atoms with van der Waals surface area (Å²) in [7, 11) is 1.97. The second kappa shape index (κ2) is 9.99. The predicted octanol–water partition coefficient (Wildman–Crippen LogP) is 5.01. The van der Waals surface area contributed by atoms with Gasteiger partial charge in [-0.05, 0) is 61.2 Å². The average Bonchev–Trinajstić information content (AvgIpc) is 3.48. The van der Waals surface area contributed by atoms with Crippen molar-refractivity contribution in [3.05, 3.63) is 52.1 Å². The maximum atomic E-state index is 12.3. The van der Waals surface area contributed by atoms with Gasteiger partial charge in [0.15, 0.2) is 10.6 Å². The Morgan fingerprint density at radius 1 is 1.32 bits per heavy atom. The van der Waals surface area contributed by atoms with Crippen molar-refractivity contribution < 1.29 is 18.3 Å². The normalized spacial score (nSPS) is 16.5. The van der Waals surface area contributed by atoms with E-state index in [1.54, 1.807) is 35.6 Å². The first-order valence-electron chi connectivity index (χ1n) is 10.0. The number of aromatic nitrogens is 3. The molecule has 1 atom stereocenters. The summed E-state index contributed by atoms with van der Waals surface area (Å²) in [6.07, 6.45) is 2.27. The Labute approximate surface area is 188 Å². The van der Waals surface area contributed by atoms with Gasteiger partial charge in [-0.15, -0.1) is 16.4 Å². The third kappa shape index (κ3) is 5.57. The van der Waals surface area contributed by atoms with Gasteiger partial charge in [0.1, 0.15) is 5.75 Å². The second-order valence-electron chi connectivity index (χ2n) is 7.51. The van der Waals surface area contributed by atoms with Gasteiger partial charge in [-0.3, -0.25) is 9.47 Å². The lowest BCUT2D eigenvalue weighted by molar-refractivity contribution is -0.0498. The van der Waals surface area contributed by atoms with Crippen LogP contribution in [0.15, 0.2) is 41.8 Å². The number of thiophene rings is 1. The van der Waals surface area contributed by atoms with E-state index in [0.717, 1.165) is 35.7 Å². The van der Waals surface area contributed by atoms with Gasteiger partial charge in [0.05, 0.1) is 24.2 Å². The molecule has 31 heavy (non-hydrogen) atoms. The van der Waals surface area contributed by atoms with Gasteiger partial charge in [0.2, 0.25) is 0 Å². The van der Waals surface area contributed by atoms with Crippen LogP contribution in [0.25, 0.3) is 10.7 Å². The van der Waals surface area contributed by atoms with Crippen molar-refractivity contribution >= 4 is 23.6 Å². The Kier molecular flexibility index (Phi) is 7.11. The molecule has 166 valence electrons. The number of hydrogen-bond donors (Lipinski definition) is 0. The Bertz CT molecular complexity index is 1030. The van der Waals surface area contributed by atoms with Crippen molar-refractivity contribution in [2.75, 3.05) is 13.7 Å². The summed E-state index contributed by atoms with van der Waals surface area (Å²) >= 11 is 7.39. The highest BCUT2D eigenvalue weighted by molar-refractivity contribution is 7.71. The topological polar surface area (TPSA) is 44.5 Å². The molecule has 1 aliphatic heterocycles. The molecule has 1 aromatic carbocycles. The summed E-state index contributed by atoms with van der Waals surface area (Å²) in [6, 6.07) is 10.7. The largest absolute Gasteiger partial charge is 0.435 e. The molecule has 0 radical (unpaired) electrons. The van der Waals surface area contributed by atoms with Crippen LogP contribution in [-0.2, 0) is 24.5 Å². The van der Waals surface area contributed by atoms with Crippen LogP contribution < -0.4 is 4.74 Å². The van der Waals surface area contributed by atoms with Crippen LogP contribution in [0, 0.1) is 4.77 Å². The number of alkyl halides is 2. The van der Waals surface area contributed by atoms with Crippen LogP contribution in [0.5, 0.6) is 5.75 Å². The zero-order valence-electron chi connectivity index (χ0n) is 17.1. The summed E-state index contributed by atoms with van der Waals surface area (Å²) in [5, 5.41) is 6.84. The first-order valence-corrected chi connectivity index (χ1v) is 11.3. The summed E-state index contributed by atoms with van der Waals surface area (Å²) in [5.74, 6) is 1.01. The van der Waals surface area contributed by atoms with Gasteiger partial charge in [-0.2, -0.15) is 8.78 Å². The van der Waals surface area contributed by atoms with Crippen molar-refractivity contribution in [1.29, 1.82) is 0 Å². The van der Waals surface area contributed by atoms with E-state index in [1.807, 2.05) is 29.2 Å². The SMILES string of the molecule is CN(Cc1ccc(OC(F)F)cc1)Cn1nc(-c2cccs2)n(C[C@@H]2CCCO2)c1=S. The van der Waals surface area contributed by atoms with Crippen LogP contribution in [-0.4, -0.2) is 45.6 Å². The highest BCUT2D eigenvalue weighted by atomic mass is 32.1. The minimum absolute atomic E-state index is 0.150. The summed E-state index contributed by atoms with van der Waals surface area (Å²) in [4.78, 5) is 3.14. The third-order valence-corrected chi connectivity index (χ3v) is 6.35. The lowest BCUT2D eigenvalue weighted by Crippen LogP contribution is -2.23. The molecule has 3 heterocycles. The number of halogens is 2. The maximum Gasteiger partial charge on any atom is 0.387 e. The Balaban J connectivity index is 1.49. The number of benzene rings is 1. The molecule has 0 bridgehead atoms. The molecule has 10 heteroatoms. The van der Waals surface area contributed by atoms with E-state index in [1.165, 1.54) is 0 Å². The zero-order chi connectivity index (χ0) is 21.8. The van der Waals surface area contributed by atoms with Crippen LogP contribution in [0.3, 0.4) is 0 Å². The smallest absolute Gasteiger partial charge is 0.387 e. The van der Waals surface area contributed by atoms with E-state index in [-0.39, 0.29) is 11.9 Å². The minimum Gasteiger partial charge on any atom is -0.435 e. The molecule has 4 rings (SSSR count). The zero-order valence-corrected chi connectivity index (χ0v) is 18.7. The molecule has 6 nitrogen and oxygen atoms in total. The van der Waals surface area contributed by atoms with E-state index in [2.05, 4.69) is 14.2 Å². The second-order valence-corrected chi connectivity index (χ2v) is 8.82. The fourth-order valence-corrected chi connectivity index (χ4v) is 4.62. The molecule has 1 fully saturated rings. The highest BCUT2D eigenvalue weighted by Gasteiger charge is 2.21. The van der Waals surface area contributed by atoms with Gasteiger partial charge >= 0.3 is 6.61 Å². The molecule has 0 unspecified atom stereocenters. The molecule has 1 saturated heterocycles. The quantitative estimate of drug-likeness (QED) is 0.415. The van der Waals surface area contributed by atoms with Gasteiger partial charge in [-0.25, -0.2) is 4.68 Å². The van der Waals surface area contributed by atoms with Crippen molar-refractivity contribution in [2.45, 2.75) is 45.3 Å². The Hall–Kier alpha value is -2.14. The van der Waals surface area contributed by atoms with E-state index in [9.17, 15) is 8.78 Å². The molecule has 0 N–H and O–H groups in total. The lowest BCUT2D eigenvalue weighted by Gasteiger charge is -2.17. The summed E-state index contributed by atoms with van der Waals surface area (Å²) in [5.41, 5.74) is 0.980. The molecular formula is C21H24F2N4O2S2. The minimum atomic E-state index is -2.82. The number of hydrogen-bond acceptors (Lipinski definition) is 6. The molecular weight excluding hydrogens is 442 g/mol. The van der Waals surface area contributed by atoms with Gasteiger partial charge < -0.3 is 9.47 Å². The van der Waals surface area contributed by atoms with E-state index in [4.69, 9.17) is 22.1 Å². The fraction of sp³-hybridized carbons (Fsp3) is 0.429. The molecule has 0 aliphatic carbocycles. The van der Waals surface area contributed by atoms with Crippen LogP contribution in [0.1, 0.15) is 18.4 Å². The van der Waals surface area contributed by atoms with E-state index >= 15 is 0 Å². The van der Waals surface area contributed by atoms with Gasteiger partial charge in [0.25, 0.3) is 0 Å². The van der Waals surface area contributed by atoms with E-state index < -0.39 is 6.61 Å². The molecule has 0 amide bonds. The first kappa shape index (κ1) is 22.1. The standard InChI is InChI=1S/C21H24F2N4O2S2/c1-25(12-15-6-8-16(9-7-15)29-20(22)23)14-27-21(30)26(13-17-4-2-10-28-17)19(24-27)18-5-3-11-31-18/h3,5-9,11,17,20H,2,4,10,12-14H2,1H3/t17-/m0/s1. The molecule has 0 spiro atoms. The first-order chi connectivity index (χ1) is 15.0. The van der Waals surface area contributed by atoms with Crippen LogP contribution >= 0.6 is 23.6 Å². The van der Waals surface area contributed by atoms with Gasteiger partial charge in [0, 0.05) is 13.2 Å². The number of ether oxygens (including phenoxy) is 2. The van der Waals surface area contributed by atoms with Crippen molar-refractivity contribution in [2.24, 2.45) is 0 Å². The van der Waals surface area contributed by atoms with Crippen molar-refractivity contribution in [3.63, 3.8) is 0 Å². The lowest BCUT2D eigenvalue weighted by atomic mass is 10.2. The van der Waals surface area contributed by atoms with Gasteiger partial charge in [-0.1, -0.05) is 18.2 Å². The van der Waals surface area contributed by atoms with Crippen LogP contribution in [0.2, 0.25) is 0 Å². The van der Waals surface area contributed by atoms with Crippen LogP contribution in [0.4, 0.5) is 8.78 Å². The van der Waals surface area contributed by atoms with Crippen molar-refractivity contribution in [3.8, 4) is 16.5 Å². The highest BCUT2D eigenvalue weighted by Crippen LogP contribution is 2.26. The number of rotatable bonds is 9. The molecule has 3 aromatic rings. The monoisotopic (exact) mass is 466 g/mol. The van der Waals surface area contributed by atoms with E-state index in [0.29, 0.717) is 24.5 Å². The summed E-state index contributed by atoms with van der Waals surface area (Å²) < 4.78 is 39.4. The maximum absolute atomic E-state index is 12.3. The van der Waals surface area contributed by atoms with Crippen molar-refractivity contribution in [1.82, 2.24) is 19.2 Å². The molecule has 0 saturated carbocycles. The molecule has 1 aliphatic rings. The Morgan fingerprint density at radius 2 is 2.13 bits per heavy atom. The number of nitrogens with zero attached hydrogens (tertiary/aromatic N) is 4. The Morgan fingerprint density at radius 3 is 2.77 bits per heavy atom. The third-order valence-electron chi connectivity index (χ3n) is 5.05. The molecule has 2 aromatic heterocycles. The summed E-state index contributed by atoms with van der Waals surface area (Å²) in [6.45, 7) is -0.210. The average molecular weight is 467 g/mol. The predicted molar refractivity (Wildman–Crippen MR) is 118 cm³/mol. The fourth-order valence-electron chi connectivity index (χ4n) is 3.64.